The lowest BCUT2D eigenvalue weighted by Crippen LogP contribution is -2.41. The molecule has 1 aliphatic carbocycles. The Kier molecular flexibility index (Phi) is 5.86. The summed E-state index contributed by atoms with van der Waals surface area (Å²) in [5.74, 6) is -2.81. The molecule has 0 fully saturated rings. The minimum atomic E-state index is -1.29. The first-order chi connectivity index (χ1) is 15.7. The molecule has 0 bridgehead atoms. The van der Waals surface area contributed by atoms with Gasteiger partial charge in [-0.3, -0.25) is 19.4 Å². The summed E-state index contributed by atoms with van der Waals surface area (Å²) in [6.45, 7) is 0. The number of amides is 1. The molecule has 2 atom stereocenters. The van der Waals surface area contributed by atoms with Gasteiger partial charge in [0, 0.05) is 17.7 Å². The van der Waals surface area contributed by atoms with E-state index in [2.05, 4.69) is 20.3 Å². The Morgan fingerprint density at radius 2 is 1.91 bits per heavy atom. The van der Waals surface area contributed by atoms with Gasteiger partial charge in [-0.1, -0.05) is 12.1 Å². The molecule has 172 valence electrons. The number of hydrogen-bond acceptors (Lipinski definition) is 6. The maximum absolute atomic E-state index is 12.5. The van der Waals surface area contributed by atoms with E-state index in [1.54, 1.807) is 12.1 Å². The van der Waals surface area contributed by atoms with Crippen LogP contribution in [-0.4, -0.2) is 49.1 Å². The van der Waals surface area contributed by atoms with E-state index in [0.29, 0.717) is 17.5 Å². The van der Waals surface area contributed by atoms with Crippen molar-refractivity contribution in [2.75, 3.05) is 5.73 Å². The van der Waals surface area contributed by atoms with E-state index in [1.165, 1.54) is 0 Å². The lowest BCUT2D eigenvalue weighted by Gasteiger charge is -2.23. The minimum Gasteiger partial charge on any atom is -0.481 e. The van der Waals surface area contributed by atoms with Crippen molar-refractivity contribution in [2.24, 2.45) is 0 Å². The highest BCUT2D eigenvalue weighted by molar-refractivity contribution is 5.96. The number of H-pyrrole nitrogens is 2. The summed E-state index contributed by atoms with van der Waals surface area (Å²) in [5, 5.41) is 20.9. The highest BCUT2D eigenvalue weighted by Gasteiger charge is 2.26. The van der Waals surface area contributed by atoms with Crippen LogP contribution in [-0.2, 0) is 22.4 Å². The van der Waals surface area contributed by atoms with Gasteiger partial charge in [-0.15, -0.1) is 0 Å². The largest absolute Gasteiger partial charge is 0.481 e. The molecule has 1 aromatic carbocycles. The molecule has 2 aromatic heterocycles. The summed E-state index contributed by atoms with van der Waals surface area (Å²) >= 11 is 0. The van der Waals surface area contributed by atoms with E-state index in [-0.39, 0.29) is 35.8 Å². The number of anilines is 1. The van der Waals surface area contributed by atoms with Gasteiger partial charge in [0.1, 0.15) is 11.7 Å². The number of aryl methyl sites for hydroxylation is 1. The number of aromatic amines is 2. The molecule has 0 saturated heterocycles. The van der Waals surface area contributed by atoms with Gasteiger partial charge in [0.25, 0.3) is 11.5 Å². The summed E-state index contributed by atoms with van der Waals surface area (Å²) in [4.78, 5) is 56.8. The number of nitrogens with one attached hydrogen (secondary N) is 3. The number of carboxylic acids is 2. The average Bonchev–Trinajstić information content (AvgIpc) is 3.13. The van der Waals surface area contributed by atoms with Crippen molar-refractivity contribution in [1.29, 1.82) is 0 Å². The normalized spacial score (nSPS) is 16.2. The van der Waals surface area contributed by atoms with Gasteiger partial charge in [0.05, 0.1) is 5.39 Å². The molecule has 4 rings (SSSR count). The molecule has 0 saturated carbocycles. The minimum absolute atomic E-state index is 0.0598. The fourth-order valence-electron chi connectivity index (χ4n) is 4.29. The van der Waals surface area contributed by atoms with E-state index >= 15 is 0 Å². The van der Waals surface area contributed by atoms with E-state index in [0.717, 1.165) is 29.7 Å². The number of nitrogen functional groups attached to an aromatic ring is 1. The molecular formula is C22H23N5O6. The van der Waals surface area contributed by atoms with Crippen LogP contribution in [0.4, 0.5) is 5.95 Å². The quantitative estimate of drug-likeness (QED) is 0.307. The van der Waals surface area contributed by atoms with Gasteiger partial charge in [0.2, 0.25) is 5.95 Å². The maximum atomic E-state index is 12.5. The third-order valence-corrected chi connectivity index (χ3v) is 5.96. The number of carbonyl (C=O) groups excluding carboxylic acids is 1. The van der Waals surface area contributed by atoms with Crippen LogP contribution in [0.15, 0.2) is 29.1 Å². The first-order valence-electron chi connectivity index (χ1n) is 10.5. The van der Waals surface area contributed by atoms with Crippen LogP contribution in [0, 0.1) is 0 Å². The third-order valence-electron chi connectivity index (χ3n) is 5.96. The van der Waals surface area contributed by atoms with Gasteiger partial charge in [0.15, 0.2) is 0 Å². The average molecular weight is 453 g/mol. The van der Waals surface area contributed by atoms with Crippen LogP contribution in [0.5, 0.6) is 0 Å². The number of hydrogen-bond donors (Lipinski definition) is 6. The fourth-order valence-corrected chi connectivity index (χ4v) is 4.29. The maximum Gasteiger partial charge on any atom is 0.326 e. The highest BCUT2D eigenvalue weighted by Crippen LogP contribution is 2.35. The molecule has 0 aliphatic heterocycles. The summed E-state index contributed by atoms with van der Waals surface area (Å²) < 4.78 is 0. The van der Waals surface area contributed by atoms with Crippen molar-refractivity contribution in [2.45, 2.75) is 44.1 Å². The molecule has 1 unspecified atom stereocenters. The number of benzene rings is 1. The number of fused-ring (bicyclic) bond motifs is 3. The Morgan fingerprint density at radius 3 is 2.58 bits per heavy atom. The summed E-state index contributed by atoms with van der Waals surface area (Å²) in [6.07, 6.45) is 1.64. The van der Waals surface area contributed by atoms with Crippen LogP contribution in [0.2, 0.25) is 0 Å². The second kappa shape index (κ2) is 8.77. The molecule has 0 radical (unpaired) electrons. The number of nitrogens with zero attached hydrogens (tertiary/aromatic N) is 1. The van der Waals surface area contributed by atoms with E-state index in [1.807, 2.05) is 12.1 Å². The lowest BCUT2D eigenvalue weighted by atomic mass is 9.82. The van der Waals surface area contributed by atoms with Crippen LogP contribution in [0.1, 0.15) is 52.4 Å². The molecule has 11 nitrogen and oxygen atoms in total. The molecule has 7 N–H and O–H groups in total. The van der Waals surface area contributed by atoms with E-state index in [4.69, 9.17) is 10.8 Å². The topological polar surface area (TPSA) is 191 Å². The first-order valence-corrected chi connectivity index (χ1v) is 10.5. The monoisotopic (exact) mass is 453 g/mol. The van der Waals surface area contributed by atoms with Crippen LogP contribution >= 0.6 is 0 Å². The Labute approximate surface area is 187 Å². The zero-order valence-corrected chi connectivity index (χ0v) is 17.6. The van der Waals surface area contributed by atoms with Crippen molar-refractivity contribution < 1.29 is 24.6 Å². The van der Waals surface area contributed by atoms with E-state index < -0.39 is 23.9 Å². The second-order valence-corrected chi connectivity index (χ2v) is 8.12. The Balaban J connectivity index is 1.49. The fraction of sp³-hybridized carbons (Fsp3) is 0.318. The zero-order valence-electron chi connectivity index (χ0n) is 17.6. The third kappa shape index (κ3) is 4.56. The first kappa shape index (κ1) is 22.1. The van der Waals surface area contributed by atoms with Crippen molar-refractivity contribution in [3.8, 4) is 0 Å². The van der Waals surface area contributed by atoms with Crippen molar-refractivity contribution in [3.63, 3.8) is 0 Å². The van der Waals surface area contributed by atoms with Crippen LogP contribution in [0.25, 0.3) is 11.0 Å². The molecule has 1 aliphatic rings. The number of nitrogens with two attached hydrogens (primary N) is 1. The SMILES string of the molecule is Nc1nc2[nH]c3c(c2c(=O)[nH]1)CC(c1ccc(C(=O)N[C@@H](CCC(=O)O)C(=O)O)cc1)CC3. The van der Waals surface area contributed by atoms with Gasteiger partial charge in [-0.05, 0) is 54.9 Å². The lowest BCUT2D eigenvalue weighted by molar-refractivity contribution is -0.140. The van der Waals surface area contributed by atoms with Gasteiger partial charge >= 0.3 is 11.9 Å². The van der Waals surface area contributed by atoms with Crippen molar-refractivity contribution >= 4 is 34.8 Å². The zero-order chi connectivity index (χ0) is 23.7. The standard InChI is InChI=1S/C22H23N5O6/c23-22-26-18-17(20(31)27-22)13-9-12(5-6-14(13)24-18)10-1-3-11(4-2-10)19(30)25-15(21(32)33)7-8-16(28)29/h1-4,12,15H,5-9H2,(H,25,30)(H,28,29)(H,32,33)(H4,23,24,26,27,31)/t12?,15-/m0/s1. The summed E-state index contributed by atoms with van der Waals surface area (Å²) in [5.41, 5.74) is 9.00. The number of aromatic nitrogens is 3. The predicted octanol–water partition coefficient (Wildman–Crippen LogP) is 1.15. The molecule has 3 aromatic rings. The van der Waals surface area contributed by atoms with Crippen LogP contribution in [0.3, 0.4) is 0 Å². The van der Waals surface area contributed by atoms with Crippen molar-refractivity contribution in [1.82, 2.24) is 20.3 Å². The van der Waals surface area contributed by atoms with Crippen LogP contribution < -0.4 is 16.6 Å². The number of rotatable bonds is 7. The predicted molar refractivity (Wildman–Crippen MR) is 118 cm³/mol. The second-order valence-electron chi connectivity index (χ2n) is 8.12. The van der Waals surface area contributed by atoms with Gasteiger partial charge in [-0.25, -0.2) is 4.79 Å². The molecular weight excluding hydrogens is 430 g/mol. The molecule has 0 spiro atoms. The Bertz CT molecular complexity index is 1290. The smallest absolute Gasteiger partial charge is 0.326 e. The molecule has 1 amide bonds. The summed E-state index contributed by atoms with van der Waals surface area (Å²) in [6, 6.07) is 5.56. The summed E-state index contributed by atoms with van der Waals surface area (Å²) in [7, 11) is 0. The molecule has 11 heteroatoms. The number of aliphatic carboxylic acids is 2. The Morgan fingerprint density at radius 1 is 1.18 bits per heavy atom. The highest BCUT2D eigenvalue weighted by atomic mass is 16.4. The number of carbonyl (C=O) groups is 3. The number of carboxylic acid groups (broad SMARTS) is 2. The van der Waals surface area contributed by atoms with E-state index in [9.17, 15) is 24.3 Å². The Hall–Kier alpha value is -4.15. The molecule has 33 heavy (non-hydrogen) atoms. The van der Waals surface area contributed by atoms with Gasteiger partial charge in [-0.2, -0.15) is 4.98 Å². The molecule has 2 heterocycles. The van der Waals surface area contributed by atoms with Gasteiger partial charge < -0.3 is 26.2 Å². The van der Waals surface area contributed by atoms with Crippen molar-refractivity contribution in [3.05, 3.63) is 57.0 Å².